The molecule has 8 heteroatoms. The highest BCUT2D eigenvalue weighted by molar-refractivity contribution is 5.40. The molecule has 1 atom stereocenters. The number of nitrogens with zero attached hydrogens (tertiary/aromatic N) is 5. The van der Waals surface area contributed by atoms with Crippen molar-refractivity contribution >= 4 is 0 Å². The van der Waals surface area contributed by atoms with E-state index in [0.717, 1.165) is 19.3 Å². The van der Waals surface area contributed by atoms with E-state index in [4.69, 9.17) is 4.52 Å². The summed E-state index contributed by atoms with van der Waals surface area (Å²) < 4.78 is 5.34. The molecule has 8 nitrogen and oxygen atoms in total. The number of rotatable bonds is 2. The average Bonchev–Trinajstić information content (AvgIpc) is 3.18. The molecule has 0 aromatic carbocycles. The lowest BCUT2D eigenvalue weighted by Crippen LogP contribution is -2.12. The van der Waals surface area contributed by atoms with Gasteiger partial charge in [0, 0.05) is 11.6 Å². The van der Waals surface area contributed by atoms with Crippen molar-refractivity contribution in [2.24, 2.45) is 0 Å². The van der Waals surface area contributed by atoms with E-state index in [1.165, 1.54) is 17.6 Å². The molecular weight excluding hydrogens is 246 g/mol. The Hall–Kier alpha value is -2.51. The zero-order valence-corrected chi connectivity index (χ0v) is 10.00. The lowest BCUT2D eigenvalue weighted by atomic mass is 9.88. The van der Waals surface area contributed by atoms with E-state index in [1.807, 2.05) is 6.20 Å². The van der Waals surface area contributed by atoms with Gasteiger partial charge in [-0.25, -0.2) is 4.98 Å². The van der Waals surface area contributed by atoms with Crippen molar-refractivity contribution in [3.05, 3.63) is 29.7 Å². The summed E-state index contributed by atoms with van der Waals surface area (Å²) in [5.41, 5.74) is 2.45. The predicted octanol–water partition coefficient (Wildman–Crippen LogP) is 0.850. The Morgan fingerprint density at radius 3 is 3.16 bits per heavy atom. The van der Waals surface area contributed by atoms with Crippen molar-refractivity contribution in [2.75, 3.05) is 0 Å². The third kappa shape index (κ3) is 1.72. The number of aryl methyl sites for hydroxylation is 1. The number of hydrogen-bond acceptors (Lipinski definition) is 6. The summed E-state index contributed by atoms with van der Waals surface area (Å²) in [6.07, 6.45) is 6.11. The first-order valence-electron chi connectivity index (χ1n) is 6.10. The molecule has 0 radical (unpaired) electrons. The van der Waals surface area contributed by atoms with Crippen molar-refractivity contribution in [2.45, 2.75) is 25.2 Å². The summed E-state index contributed by atoms with van der Waals surface area (Å²) in [7, 11) is 0. The monoisotopic (exact) mass is 257 g/mol. The van der Waals surface area contributed by atoms with Gasteiger partial charge in [0.05, 0.1) is 6.20 Å². The number of H-pyrrole nitrogens is 2. The van der Waals surface area contributed by atoms with Crippen LogP contribution in [0.25, 0.3) is 11.6 Å². The summed E-state index contributed by atoms with van der Waals surface area (Å²) in [5, 5.41) is 17.5. The standard InChI is InChI=1S/C11H11N7O/c1-2-8-7(4-13-16-8)3-6(1)11-15-10(18-19-11)9-12-5-14-17-9/h4-6H,1-3H2,(H,13,16)(H,12,14,17). The van der Waals surface area contributed by atoms with Crippen molar-refractivity contribution in [1.29, 1.82) is 0 Å². The van der Waals surface area contributed by atoms with Gasteiger partial charge in [0.25, 0.3) is 0 Å². The summed E-state index contributed by atoms with van der Waals surface area (Å²) in [6.45, 7) is 0. The molecule has 1 aliphatic rings. The highest BCUT2D eigenvalue weighted by atomic mass is 16.5. The molecule has 0 aliphatic heterocycles. The fourth-order valence-corrected chi connectivity index (χ4v) is 2.44. The third-order valence-electron chi connectivity index (χ3n) is 3.43. The molecule has 3 heterocycles. The number of nitrogens with one attached hydrogen (secondary N) is 2. The molecule has 4 rings (SSSR count). The zero-order chi connectivity index (χ0) is 12.7. The third-order valence-corrected chi connectivity index (χ3v) is 3.43. The van der Waals surface area contributed by atoms with Gasteiger partial charge in [0.1, 0.15) is 6.33 Å². The first-order chi connectivity index (χ1) is 9.40. The molecular formula is C11H11N7O. The Balaban J connectivity index is 1.61. The molecule has 0 bridgehead atoms. The van der Waals surface area contributed by atoms with E-state index >= 15 is 0 Å². The van der Waals surface area contributed by atoms with Gasteiger partial charge >= 0.3 is 0 Å². The second kappa shape index (κ2) is 4.01. The van der Waals surface area contributed by atoms with Gasteiger partial charge in [0.15, 0.2) is 5.82 Å². The average molecular weight is 257 g/mol. The molecule has 0 saturated heterocycles. The molecule has 2 N–H and O–H groups in total. The molecule has 1 aliphatic carbocycles. The second-order valence-electron chi connectivity index (χ2n) is 4.60. The second-order valence-corrected chi connectivity index (χ2v) is 4.60. The lowest BCUT2D eigenvalue weighted by molar-refractivity contribution is 0.340. The van der Waals surface area contributed by atoms with E-state index in [9.17, 15) is 0 Å². The quantitative estimate of drug-likeness (QED) is 0.704. The Kier molecular flexibility index (Phi) is 2.20. The number of hydrogen-bond donors (Lipinski definition) is 2. The summed E-state index contributed by atoms with van der Waals surface area (Å²) >= 11 is 0. The Morgan fingerprint density at radius 2 is 2.26 bits per heavy atom. The molecule has 96 valence electrons. The molecule has 0 spiro atoms. The minimum absolute atomic E-state index is 0.245. The van der Waals surface area contributed by atoms with E-state index in [-0.39, 0.29) is 5.92 Å². The van der Waals surface area contributed by atoms with E-state index in [1.54, 1.807) is 0 Å². The maximum Gasteiger partial charge on any atom is 0.239 e. The van der Waals surface area contributed by atoms with Gasteiger partial charge in [-0.15, -0.1) is 0 Å². The number of aromatic nitrogens is 7. The van der Waals surface area contributed by atoms with Crippen LogP contribution in [0, 0.1) is 0 Å². The summed E-state index contributed by atoms with van der Waals surface area (Å²) in [4.78, 5) is 8.40. The molecule has 3 aromatic rings. The minimum atomic E-state index is 0.245. The van der Waals surface area contributed by atoms with Crippen molar-refractivity contribution in [1.82, 2.24) is 35.5 Å². The summed E-state index contributed by atoms with van der Waals surface area (Å²) in [6, 6.07) is 0. The van der Waals surface area contributed by atoms with Crippen LogP contribution in [-0.4, -0.2) is 35.5 Å². The fraction of sp³-hybridized carbons (Fsp3) is 0.364. The topological polar surface area (TPSA) is 109 Å². The van der Waals surface area contributed by atoms with Crippen LogP contribution in [0.15, 0.2) is 17.0 Å². The Labute approximate surface area is 107 Å². The highest BCUT2D eigenvalue weighted by Crippen LogP contribution is 2.31. The first-order valence-corrected chi connectivity index (χ1v) is 6.10. The number of fused-ring (bicyclic) bond motifs is 1. The zero-order valence-electron chi connectivity index (χ0n) is 10.00. The van der Waals surface area contributed by atoms with Gasteiger partial charge < -0.3 is 4.52 Å². The molecule has 3 aromatic heterocycles. The van der Waals surface area contributed by atoms with Gasteiger partial charge in [-0.3, -0.25) is 10.2 Å². The largest absolute Gasteiger partial charge is 0.339 e. The minimum Gasteiger partial charge on any atom is -0.339 e. The Bertz CT molecular complexity index is 684. The van der Waals surface area contributed by atoms with Crippen LogP contribution in [0.3, 0.4) is 0 Å². The van der Waals surface area contributed by atoms with Gasteiger partial charge in [-0.1, -0.05) is 5.16 Å². The first kappa shape index (κ1) is 10.4. The number of aromatic amines is 2. The highest BCUT2D eigenvalue weighted by Gasteiger charge is 2.26. The van der Waals surface area contributed by atoms with E-state index in [0.29, 0.717) is 17.5 Å². The maximum absolute atomic E-state index is 5.34. The van der Waals surface area contributed by atoms with Crippen LogP contribution in [0.4, 0.5) is 0 Å². The van der Waals surface area contributed by atoms with Gasteiger partial charge in [-0.2, -0.15) is 15.2 Å². The smallest absolute Gasteiger partial charge is 0.239 e. The normalized spacial score (nSPS) is 18.4. The van der Waals surface area contributed by atoms with Crippen LogP contribution in [0.2, 0.25) is 0 Å². The van der Waals surface area contributed by atoms with Crippen molar-refractivity contribution in [3.63, 3.8) is 0 Å². The van der Waals surface area contributed by atoms with E-state index < -0.39 is 0 Å². The molecule has 0 amide bonds. The van der Waals surface area contributed by atoms with Crippen LogP contribution in [-0.2, 0) is 12.8 Å². The van der Waals surface area contributed by atoms with Crippen molar-refractivity contribution < 1.29 is 4.52 Å². The van der Waals surface area contributed by atoms with Crippen molar-refractivity contribution in [3.8, 4) is 11.6 Å². The van der Waals surface area contributed by atoms with Crippen LogP contribution >= 0.6 is 0 Å². The SMILES string of the molecule is c1n[nH]c(-c2noc(C3CCc4[nH]ncc4C3)n2)n1. The maximum atomic E-state index is 5.34. The predicted molar refractivity (Wildman–Crippen MR) is 63.0 cm³/mol. The van der Waals surface area contributed by atoms with Gasteiger partial charge in [-0.05, 0) is 24.8 Å². The van der Waals surface area contributed by atoms with Gasteiger partial charge in [0.2, 0.25) is 11.7 Å². The molecule has 0 saturated carbocycles. The van der Waals surface area contributed by atoms with Crippen LogP contribution < -0.4 is 0 Å². The fourth-order valence-electron chi connectivity index (χ4n) is 2.44. The Morgan fingerprint density at radius 1 is 1.26 bits per heavy atom. The van der Waals surface area contributed by atoms with Crippen LogP contribution in [0.5, 0.6) is 0 Å². The lowest BCUT2D eigenvalue weighted by Gasteiger charge is -2.17. The summed E-state index contributed by atoms with van der Waals surface area (Å²) in [5.74, 6) is 1.87. The molecule has 0 fully saturated rings. The van der Waals surface area contributed by atoms with Crippen LogP contribution in [0.1, 0.15) is 29.5 Å². The molecule has 1 unspecified atom stereocenters. The van der Waals surface area contributed by atoms with E-state index in [2.05, 4.69) is 35.5 Å². The molecule has 19 heavy (non-hydrogen) atoms.